The van der Waals surface area contributed by atoms with Crippen LogP contribution in [0.2, 0.25) is 0 Å². The molecule has 0 fully saturated rings. The molecule has 124 valence electrons. The molecule has 0 saturated carbocycles. The van der Waals surface area contributed by atoms with Crippen LogP contribution in [0.25, 0.3) is 16.9 Å². The van der Waals surface area contributed by atoms with Crippen molar-refractivity contribution in [3.63, 3.8) is 0 Å². The zero-order chi connectivity index (χ0) is 16.2. The molecule has 2 aromatic carbocycles. The van der Waals surface area contributed by atoms with Gasteiger partial charge < -0.3 is 0 Å². The summed E-state index contributed by atoms with van der Waals surface area (Å²) in [5.74, 6) is 0. The van der Waals surface area contributed by atoms with E-state index in [0.29, 0.717) is 6.54 Å². The molecule has 0 atom stereocenters. The van der Waals surface area contributed by atoms with Crippen LogP contribution < -0.4 is 4.80 Å². The summed E-state index contributed by atoms with van der Waals surface area (Å²) in [4.78, 5) is 5.64. The number of benzene rings is 2. The van der Waals surface area contributed by atoms with E-state index in [1.165, 1.54) is 22.4 Å². The van der Waals surface area contributed by atoms with Crippen molar-refractivity contribution >= 4 is 28.3 Å². The summed E-state index contributed by atoms with van der Waals surface area (Å²) in [6.07, 6.45) is 1.82. The zero-order valence-corrected chi connectivity index (χ0v) is 16.4. The molecule has 4 heteroatoms. The lowest BCUT2D eigenvalue weighted by atomic mass is 10.1. The first kappa shape index (κ1) is 18.4. The monoisotopic (exact) mass is 400 g/mol. The Balaban J connectivity index is 0.00000208. The van der Waals surface area contributed by atoms with Crippen LogP contribution >= 0.6 is 28.3 Å². The number of rotatable bonds is 4. The summed E-state index contributed by atoms with van der Waals surface area (Å²) in [5.41, 5.74) is 6.03. The van der Waals surface area contributed by atoms with Crippen LogP contribution in [0.5, 0.6) is 0 Å². The van der Waals surface area contributed by atoms with Gasteiger partial charge in [0.05, 0.1) is 12.2 Å². The van der Waals surface area contributed by atoms with Crippen molar-refractivity contribution in [1.29, 1.82) is 0 Å². The molecule has 3 rings (SSSR count). The minimum absolute atomic E-state index is 0. The molecular weight excluding hydrogens is 380 g/mol. The third-order valence-electron chi connectivity index (χ3n) is 3.70. The predicted molar refractivity (Wildman–Crippen MR) is 110 cm³/mol. The van der Waals surface area contributed by atoms with E-state index in [2.05, 4.69) is 83.9 Å². The van der Waals surface area contributed by atoms with Crippen molar-refractivity contribution < 1.29 is 0 Å². The fourth-order valence-electron chi connectivity index (χ4n) is 2.43. The Labute approximate surface area is 157 Å². The maximum atomic E-state index is 4.65. The van der Waals surface area contributed by atoms with Crippen LogP contribution in [-0.2, 0) is 0 Å². The predicted octanol–water partition coefficient (Wildman–Crippen LogP) is 5.49. The molecule has 0 N–H and O–H groups in total. The fraction of sp³-hybridized carbons (Fsp3) is 0.150. The Morgan fingerprint density at radius 1 is 1.00 bits per heavy atom. The molecule has 2 nitrogen and oxygen atoms in total. The Bertz CT molecular complexity index is 871. The van der Waals surface area contributed by atoms with Crippen LogP contribution in [-0.4, -0.2) is 11.1 Å². The molecule has 1 aromatic heterocycles. The highest BCUT2D eigenvalue weighted by molar-refractivity contribution is 8.93. The first-order valence-corrected chi connectivity index (χ1v) is 8.53. The van der Waals surface area contributed by atoms with E-state index >= 15 is 0 Å². The minimum atomic E-state index is 0. The van der Waals surface area contributed by atoms with Crippen LogP contribution in [0.4, 0.5) is 0 Å². The molecule has 0 bridgehead atoms. The van der Waals surface area contributed by atoms with Crippen LogP contribution in [0, 0.1) is 13.8 Å². The summed E-state index contributed by atoms with van der Waals surface area (Å²) in [6.45, 7) is 8.60. The summed E-state index contributed by atoms with van der Waals surface area (Å²) in [6, 6.07) is 17.2. The van der Waals surface area contributed by atoms with Gasteiger partial charge in [0.15, 0.2) is 4.80 Å². The van der Waals surface area contributed by atoms with Gasteiger partial charge in [-0.25, -0.2) is 0 Å². The number of aromatic nitrogens is 1. The van der Waals surface area contributed by atoms with Crippen molar-refractivity contribution in [3.05, 3.63) is 82.5 Å². The third kappa shape index (κ3) is 3.94. The summed E-state index contributed by atoms with van der Waals surface area (Å²) in [5, 5.41) is 2.17. The second-order valence-corrected chi connectivity index (χ2v) is 6.41. The molecule has 0 spiro atoms. The lowest BCUT2D eigenvalue weighted by Crippen LogP contribution is -2.14. The van der Waals surface area contributed by atoms with Gasteiger partial charge in [0.25, 0.3) is 0 Å². The SMILES string of the molecule is Br.C=CCN=c1scc(-c2ccc(C)cc2)n1-c1ccc(C)cc1. The number of thiazole rings is 1. The Hall–Kier alpha value is -1.91. The van der Waals surface area contributed by atoms with E-state index in [4.69, 9.17) is 0 Å². The lowest BCUT2D eigenvalue weighted by molar-refractivity contribution is 0.975. The van der Waals surface area contributed by atoms with Crippen LogP contribution in [0.1, 0.15) is 11.1 Å². The normalized spacial score (nSPS) is 11.2. The largest absolute Gasteiger partial charge is 0.285 e. The van der Waals surface area contributed by atoms with E-state index in [1.54, 1.807) is 11.3 Å². The average molecular weight is 401 g/mol. The summed E-state index contributed by atoms with van der Waals surface area (Å²) < 4.78 is 2.22. The minimum Gasteiger partial charge on any atom is -0.285 e. The Kier molecular flexibility index (Phi) is 6.35. The van der Waals surface area contributed by atoms with Crippen molar-refractivity contribution in [1.82, 2.24) is 4.57 Å². The molecule has 3 aromatic rings. The molecule has 1 heterocycles. The molecule has 0 radical (unpaired) electrons. The van der Waals surface area contributed by atoms with Crippen molar-refractivity contribution in [2.24, 2.45) is 4.99 Å². The lowest BCUT2D eigenvalue weighted by Gasteiger charge is -2.10. The van der Waals surface area contributed by atoms with Crippen LogP contribution in [0.15, 0.2) is 71.6 Å². The zero-order valence-electron chi connectivity index (χ0n) is 13.9. The molecule has 0 aliphatic rings. The maximum absolute atomic E-state index is 4.65. The molecule has 0 unspecified atom stereocenters. The maximum Gasteiger partial charge on any atom is 0.190 e. The third-order valence-corrected chi connectivity index (χ3v) is 4.57. The topological polar surface area (TPSA) is 17.3 Å². The highest BCUT2D eigenvalue weighted by Crippen LogP contribution is 2.24. The van der Waals surface area contributed by atoms with Gasteiger partial charge >= 0.3 is 0 Å². The number of halogens is 1. The van der Waals surface area contributed by atoms with Gasteiger partial charge in [-0.15, -0.1) is 34.9 Å². The van der Waals surface area contributed by atoms with E-state index in [-0.39, 0.29) is 17.0 Å². The highest BCUT2D eigenvalue weighted by atomic mass is 79.9. The first-order valence-electron chi connectivity index (χ1n) is 7.65. The second kappa shape index (κ2) is 8.27. The summed E-state index contributed by atoms with van der Waals surface area (Å²) >= 11 is 1.66. The second-order valence-electron chi connectivity index (χ2n) is 5.57. The van der Waals surface area contributed by atoms with Crippen molar-refractivity contribution in [3.8, 4) is 16.9 Å². The molecule has 0 aliphatic heterocycles. The number of aryl methyl sites for hydroxylation is 2. The molecule has 0 aliphatic carbocycles. The van der Waals surface area contributed by atoms with E-state index < -0.39 is 0 Å². The highest BCUT2D eigenvalue weighted by Gasteiger charge is 2.09. The molecule has 0 saturated heterocycles. The van der Waals surface area contributed by atoms with Gasteiger partial charge in [-0.2, -0.15) is 0 Å². The van der Waals surface area contributed by atoms with Gasteiger partial charge in [0.1, 0.15) is 0 Å². The molecular formula is C20H21BrN2S. The number of nitrogens with zero attached hydrogens (tertiary/aromatic N) is 2. The average Bonchev–Trinajstić information content (AvgIpc) is 2.98. The smallest absolute Gasteiger partial charge is 0.190 e. The fourth-order valence-corrected chi connectivity index (χ4v) is 3.35. The van der Waals surface area contributed by atoms with Gasteiger partial charge in [0, 0.05) is 11.1 Å². The van der Waals surface area contributed by atoms with Gasteiger partial charge in [0.2, 0.25) is 0 Å². The Morgan fingerprint density at radius 3 is 2.17 bits per heavy atom. The first-order chi connectivity index (χ1) is 11.2. The van der Waals surface area contributed by atoms with E-state index in [9.17, 15) is 0 Å². The molecule has 24 heavy (non-hydrogen) atoms. The van der Waals surface area contributed by atoms with Gasteiger partial charge in [-0.3, -0.25) is 9.56 Å². The molecule has 0 amide bonds. The number of hydrogen-bond donors (Lipinski definition) is 0. The van der Waals surface area contributed by atoms with Crippen molar-refractivity contribution in [2.45, 2.75) is 13.8 Å². The van der Waals surface area contributed by atoms with Crippen LogP contribution in [0.3, 0.4) is 0 Å². The summed E-state index contributed by atoms with van der Waals surface area (Å²) in [7, 11) is 0. The van der Waals surface area contributed by atoms with Crippen molar-refractivity contribution in [2.75, 3.05) is 6.54 Å². The quantitative estimate of drug-likeness (QED) is 0.515. The van der Waals surface area contributed by atoms with E-state index in [0.717, 1.165) is 10.5 Å². The van der Waals surface area contributed by atoms with Gasteiger partial charge in [-0.1, -0.05) is 53.6 Å². The number of hydrogen-bond acceptors (Lipinski definition) is 2. The van der Waals surface area contributed by atoms with E-state index in [1.807, 2.05) is 6.08 Å². The van der Waals surface area contributed by atoms with Gasteiger partial charge in [-0.05, 0) is 31.5 Å². The standard InChI is InChI=1S/C20H20N2S.BrH/c1-4-13-21-20-22(18-11-7-16(3)8-12-18)19(14-23-20)17-9-5-15(2)6-10-17;/h4-12,14H,1,13H2,2-3H3;1H. The Morgan fingerprint density at radius 2 is 1.58 bits per heavy atom.